The van der Waals surface area contributed by atoms with Gasteiger partial charge in [-0.25, -0.2) is 0 Å². The number of pyridine rings is 1. The minimum absolute atomic E-state index is 1.02. The fourth-order valence-corrected chi connectivity index (χ4v) is 4.23. The van der Waals surface area contributed by atoms with Crippen LogP contribution in [0.2, 0.25) is 0 Å². The van der Waals surface area contributed by atoms with Crippen molar-refractivity contribution in [2.75, 3.05) is 13.6 Å². The molecular weight excluding hydrogens is 330 g/mol. The zero-order valence-corrected chi connectivity index (χ0v) is 15.8. The molecule has 0 bridgehead atoms. The average molecular weight is 353 g/mol. The summed E-state index contributed by atoms with van der Waals surface area (Å²) in [4.78, 5) is 10.4. The number of hydrogen-bond donors (Lipinski definition) is 1. The van der Waals surface area contributed by atoms with Crippen molar-refractivity contribution >= 4 is 10.9 Å². The predicted octanol–water partition coefficient (Wildman–Crippen LogP) is 5.19. The van der Waals surface area contributed by atoms with Crippen LogP contribution in [0.15, 0.2) is 60.9 Å². The predicted molar refractivity (Wildman–Crippen MR) is 112 cm³/mol. The molecular formula is C24H23N3. The van der Waals surface area contributed by atoms with Gasteiger partial charge >= 0.3 is 0 Å². The number of fused-ring (bicyclic) bond motifs is 3. The van der Waals surface area contributed by atoms with Gasteiger partial charge < -0.3 is 9.88 Å². The molecule has 0 unspecified atom stereocenters. The Morgan fingerprint density at radius 1 is 0.926 bits per heavy atom. The van der Waals surface area contributed by atoms with Crippen LogP contribution < -0.4 is 0 Å². The number of rotatable bonds is 2. The lowest BCUT2D eigenvalue weighted by Crippen LogP contribution is -2.26. The fourth-order valence-electron chi connectivity index (χ4n) is 4.23. The van der Waals surface area contributed by atoms with E-state index in [-0.39, 0.29) is 0 Å². The summed E-state index contributed by atoms with van der Waals surface area (Å²) in [5.41, 5.74) is 10.4. The lowest BCUT2D eigenvalue weighted by Gasteiger charge is -2.25. The number of aromatic amines is 1. The van der Waals surface area contributed by atoms with Crippen LogP contribution in [0.4, 0.5) is 0 Å². The summed E-state index contributed by atoms with van der Waals surface area (Å²) in [5, 5.41) is 1.31. The maximum atomic E-state index is 4.21. The first kappa shape index (κ1) is 16.3. The van der Waals surface area contributed by atoms with E-state index in [4.69, 9.17) is 0 Å². The number of aromatic nitrogens is 2. The van der Waals surface area contributed by atoms with E-state index >= 15 is 0 Å². The highest BCUT2D eigenvalue weighted by Gasteiger charge is 2.21. The molecule has 4 aromatic rings. The van der Waals surface area contributed by atoms with Crippen molar-refractivity contribution in [3.05, 3.63) is 77.6 Å². The van der Waals surface area contributed by atoms with Crippen LogP contribution in [0.5, 0.6) is 0 Å². The molecule has 0 amide bonds. The molecule has 3 nitrogen and oxygen atoms in total. The highest BCUT2D eigenvalue weighted by Crippen LogP contribution is 2.40. The van der Waals surface area contributed by atoms with Crippen molar-refractivity contribution in [2.24, 2.45) is 0 Å². The maximum Gasteiger partial charge on any atom is 0.0544 e. The van der Waals surface area contributed by atoms with Gasteiger partial charge in [-0.2, -0.15) is 0 Å². The Hall–Kier alpha value is -2.91. The highest BCUT2D eigenvalue weighted by atomic mass is 15.1. The summed E-state index contributed by atoms with van der Waals surface area (Å²) in [7, 11) is 2.20. The fraction of sp³-hybridized carbons (Fsp3) is 0.208. The van der Waals surface area contributed by atoms with E-state index in [1.807, 2.05) is 12.4 Å². The number of hydrogen-bond acceptors (Lipinski definition) is 2. The Labute approximate surface area is 159 Å². The SMILES string of the molecule is Cc1ccc(-c2[nH]c3c4c(ccc3c2-c2ccncc2)CN(C)CC4)cc1. The molecule has 3 heteroatoms. The van der Waals surface area contributed by atoms with Crippen LogP contribution in [0, 0.1) is 6.92 Å². The minimum Gasteiger partial charge on any atom is -0.354 e. The van der Waals surface area contributed by atoms with E-state index in [9.17, 15) is 0 Å². The van der Waals surface area contributed by atoms with Gasteiger partial charge in [0.2, 0.25) is 0 Å². The van der Waals surface area contributed by atoms with E-state index in [1.165, 1.54) is 50.0 Å². The minimum atomic E-state index is 1.02. The van der Waals surface area contributed by atoms with Crippen molar-refractivity contribution in [3.63, 3.8) is 0 Å². The molecule has 0 saturated carbocycles. The normalized spacial score (nSPS) is 14.4. The third kappa shape index (κ3) is 2.75. The number of H-pyrrole nitrogens is 1. The van der Waals surface area contributed by atoms with Crippen molar-refractivity contribution < 1.29 is 0 Å². The Balaban J connectivity index is 1.81. The molecule has 5 rings (SSSR count). The molecule has 134 valence electrons. The quantitative estimate of drug-likeness (QED) is 0.537. The van der Waals surface area contributed by atoms with E-state index < -0.39 is 0 Å². The lowest BCUT2D eigenvalue weighted by molar-refractivity contribution is 0.314. The Morgan fingerprint density at radius 3 is 2.48 bits per heavy atom. The standard InChI is InChI=1S/C24H23N3/c1-16-3-5-18(6-4-16)23-22(17-9-12-25-13-10-17)21-8-7-19-15-27(2)14-11-20(19)24(21)26-23/h3-10,12-13,26H,11,14-15H2,1-2H3. The van der Waals surface area contributed by atoms with Crippen LogP contribution in [0.25, 0.3) is 33.3 Å². The number of benzene rings is 2. The van der Waals surface area contributed by atoms with Crippen molar-refractivity contribution in [1.82, 2.24) is 14.9 Å². The van der Waals surface area contributed by atoms with E-state index in [0.717, 1.165) is 19.5 Å². The molecule has 1 aliphatic rings. The first-order chi connectivity index (χ1) is 13.2. The van der Waals surface area contributed by atoms with Gasteiger partial charge in [-0.15, -0.1) is 0 Å². The van der Waals surface area contributed by atoms with Gasteiger partial charge in [0.05, 0.1) is 11.2 Å². The van der Waals surface area contributed by atoms with Crippen molar-refractivity contribution in [2.45, 2.75) is 19.9 Å². The summed E-state index contributed by atoms with van der Waals surface area (Å²) >= 11 is 0. The van der Waals surface area contributed by atoms with Gasteiger partial charge in [0.15, 0.2) is 0 Å². The smallest absolute Gasteiger partial charge is 0.0544 e. The first-order valence-corrected chi connectivity index (χ1v) is 9.53. The first-order valence-electron chi connectivity index (χ1n) is 9.53. The summed E-state index contributed by atoms with van der Waals surface area (Å²) in [6, 6.07) is 17.6. The molecule has 1 aliphatic heterocycles. The van der Waals surface area contributed by atoms with Crippen LogP contribution in [-0.4, -0.2) is 28.5 Å². The number of nitrogens with one attached hydrogen (secondary N) is 1. The molecule has 0 fully saturated rings. The monoisotopic (exact) mass is 353 g/mol. The average Bonchev–Trinajstić information content (AvgIpc) is 3.08. The van der Waals surface area contributed by atoms with Gasteiger partial charge in [0.1, 0.15) is 0 Å². The maximum absolute atomic E-state index is 4.21. The molecule has 0 saturated heterocycles. The van der Waals surface area contributed by atoms with Crippen LogP contribution >= 0.6 is 0 Å². The van der Waals surface area contributed by atoms with Crippen LogP contribution in [-0.2, 0) is 13.0 Å². The highest BCUT2D eigenvalue weighted by molar-refractivity contribution is 6.05. The summed E-state index contributed by atoms with van der Waals surface area (Å²) in [5.74, 6) is 0. The van der Waals surface area contributed by atoms with Crippen molar-refractivity contribution in [3.8, 4) is 22.4 Å². The zero-order valence-electron chi connectivity index (χ0n) is 15.8. The number of nitrogens with zero attached hydrogens (tertiary/aromatic N) is 2. The van der Waals surface area contributed by atoms with Crippen LogP contribution in [0.1, 0.15) is 16.7 Å². The largest absolute Gasteiger partial charge is 0.354 e. The molecule has 3 heterocycles. The summed E-state index contributed by atoms with van der Waals surface area (Å²) < 4.78 is 0. The second kappa shape index (κ2) is 6.36. The number of likely N-dealkylation sites (N-methyl/N-ethyl adjacent to an activating group) is 1. The van der Waals surface area contributed by atoms with Gasteiger partial charge in [0, 0.05) is 36.4 Å². The second-order valence-electron chi connectivity index (χ2n) is 7.59. The van der Waals surface area contributed by atoms with Crippen molar-refractivity contribution in [1.29, 1.82) is 0 Å². The third-order valence-electron chi connectivity index (χ3n) is 5.67. The van der Waals surface area contributed by atoms with Gasteiger partial charge in [-0.05, 0) is 54.8 Å². The Morgan fingerprint density at radius 2 is 1.70 bits per heavy atom. The van der Waals surface area contributed by atoms with Gasteiger partial charge in [-0.3, -0.25) is 4.98 Å². The molecule has 0 spiro atoms. The lowest BCUT2D eigenvalue weighted by atomic mass is 9.94. The van der Waals surface area contributed by atoms with Gasteiger partial charge in [0.25, 0.3) is 0 Å². The van der Waals surface area contributed by atoms with E-state index in [2.05, 4.69) is 77.4 Å². The molecule has 1 N–H and O–H groups in total. The Kier molecular flexibility index (Phi) is 3.83. The molecule has 2 aromatic carbocycles. The molecule has 0 aliphatic carbocycles. The van der Waals surface area contributed by atoms with E-state index in [1.54, 1.807) is 0 Å². The molecule has 27 heavy (non-hydrogen) atoms. The summed E-state index contributed by atoms with van der Waals surface area (Å²) in [6.07, 6.45) is 4.84. The molecule has 0 atom stereocenters. The Bertz CT molecular complexity index is 1110. The topological polar surface area (TPSA) is 31.9 Å². The second-order valence-corrected chi connectivity index (χ2v) is 7.59. The van der Waals surface area contributed by atoms with E-state index in [0.29, 0.717) is 0 Å². The number of aryl methyl sites for hydroxylation is 1. The van der Waals surface area contributed by atoms with Gasteiger partial charge in [-0.1, -0.05) is 42.0 Å². The molecule has 0 radical (unpaired) electrons. The zero-order chi connectivity index (χ0) is 18.4. The molecule has 2 aromatic heterocycles. The third-order valence-corrected chi connectivity index (χ3v) is 5.67. The van der Waals surface area contributed by atoms with Crippen LogP contribution in [0.3, 0.4) is 0 Å². The summed E-state index contributed by atoms with van der Waals surface area (Å²) in [6.45, 7) is 4.26.